The lowest BCUT2D eigenvalue weighted by Crippen LogP contribution is -2.39. The molecule has 4 rings (SSSR count). The van der Waals surface area contributed by atoms with Crippen LogP contribution >= 0.6 is 0 Å². The van der Waals surface area contributed by atoms with Gasteiger partial charge in [-0.3, -0.25) is 0 Å². The van der Waals surface area contributed by atoms with Crippen LogP contribution in [0.5, 0.6) is 0 Å². The Hall–Kier alpha value is -1.03. The van der Waals surface area contributed by atoms with E-state index in [1.807, 2.05) is 6.26 Å². The third-order valence-corrected chi connectivity index (χ3v) is 5.45. The molecule has 1 aliphatic heterocycles. The minimum atomic E-state index is 0.666. The molecule has 3 aliphatic rings. The first kappa shape index (κ1) is 12.7. The molecule has 110 valence electrons. The summed E-state index contributed by atoms with van der Waals surface area (Å²) in [6.07, 6.45) is 12.9. The van der Waals surface area contributed by atoms with Crippen LogP contribution in [0.15, 0.2) is 10.7 Å². The summed E-state index contributed by atoms with van der Waals surface area (Å²) in [6.45, 7) is 3.10. The van der Waals surface area contributed by atoms with Crippen molar-refractivity contribution in [2.24, 2.45) is 5.41 Å². The van der Waals surface area contributed by atoms with Crippen LogP contribution in [-0.4, -0.2) is 24.1 Å². The second kappa shape index (κ2) is 5.06. The second-order valence-corrected chi connectivity index (χ2v) is 6.97. The van der Waals surface area contributed by atoms with Crippen LogP contribution in [0.4, 0.5) is 6.01 Å². The highest BCUT2D eigenvalue weighted by Crippen LogP contribution is 2.46. The Labute approximate surface area is 120 Å². The Kier molecular flexibility index (Phi) is 3.21. The lowest BCUT2D eigenvalue weighted by atomic mass is 9.77. The summed E-state index contributed by atoms with van der Waals surface area (Å²) in [4.78, 5) is 6.98. The second-order valence-electron chi connectivity index (χ2n) is 6.97. The van der Waals surface area contributed by atoms with Crippen molar-refractivity contribution in [3.05, 3.63) is 12.0 Å². The van der Waals surface area contributed by atoms with Gasteiger partial charge in [0.05, 0.1) is 5.69 Å². The molecular weight excluding hydrogens is 250 g/mol. The van der Waals surface area contributed by atoms with E-state index < -0.39 is 0 Å². The minimum absolute atomic E-state index is 0.666. The molecule has 0 aromatic carbocycles. The van der Waals surface area contributed by atoms with Gasteiger partial charge in [0, 0.05) is 25.7 Å². The number of aromatic nitrogens is 1. The Morgan fingerprint density at radius 3 is 2.65 bits per heavy atom. The van der Waals surface area contributed by atoms with Crippen LogP contribution in [0, 0.1) is 5.41 Å². The van der Waals surface area contributed by atoms with Crippen molar-refractivity contribution in [2.45, 2.75) is 64.0 Å². The van der Waals surface area contributed by atoms with E-state index in [2.05, 4.69) is 15.2 Å². The third-order valence-electron chi connectivity index (χ3n) is 5.45. The quantitative estimate of drug-likeness (QED) is 0.917. The van der Waals surface area contributed by atoms with Gasteiger partial charge in [0.25, 0.3) is 6.01 Å². The molecule has 20 heavy (non-hydrogen) atoms. The van der Waals surface area contributed by atoms with Gasteiger partial charge in [-0.25, -0.2) is 0 Å². The first-order valence-corrected chi connectivity index (χ1v) is 8.26. The van der Waals surface area contributed by atoms with Crippen molar-refractivity contribution in [1.29, 1.82) is 0 Å². The summed E-state index contributed by atoms with van der Waals surface area (Å²) in [6, 6.07) is 1.57. The van der Waals surface area contributed by atoms with E-state index in [0.717, 1.165) is 37.4 Å². The fraction of sp³-hybridized carbons (Fsp3) is 0.812. The molecule has 0 unspecified atom stereocenters. The molecule has 0 radical (unpaired) electrons. The Bertz CT molecular complexity index is 450. The molecule has 1 spiro atoms. The molecule has 2 heterocycles. The summed E-state index contributed by atoms with van der Waals surface area (Å²) in [5, 5.41) is 3.49. The maximum Gasteiger partial charge on any atom is 0.297 e. The number of rotatable bonds is 4. The number of anilines is 1. The highest BCUT2D eigenvalue weighted by Gasteiger charge is 2.37. The molecule has 4 nitrogen and oxygen atoms in total. The fourth-order valence-electron chi connectivity index (χ4n) is 3.86. The molecule has 0 atom stereocenters. The van der Waals surface area contributed by atoms with E-state index in [1.165, 1.54) is 51.4 Å². The third kappa shape index (κ3) is 2.58. The molecule has 4 heteroatoms. The fourth-order valence-corrected chi connectivity index (χ4v) is 3.86. The smallest absolute Gasteiger partial charge is 0.297 e. The molecule has 1 aromatic heterocycles. The summed E-state index contributed by atoms with van der Waals surface area (Å²) < 4.78 is 5.68. The van der Waals surface area contributed by atoms with Gasteiger partial charge in [-0.15, -0.1) is 0 Å². The van der Waals surface area contributed by atoms with Crippen molar-refractivity contribution >= 4 is 6.01 Å². The van der Waals surface area contributed by atoms with Crippen LogP contribution in [-0.2, 0) is 6.54 Å². The summed E-state index contributed by atoms with van der Waals surface area (Å²) >= 11 is 0. The minimum Gasteiger partial charge on any atom is -0.432 e. The summed E-state index contributed by atoms with van der Waals surface area (Å²) in [7, 11) is 0. The molecule has 1 aromatic rings. The van der Waals surface area contributed by atoms with E-state index in [1.54, 1.807) is 0 Å². The molecule has 1 saturated heterocycles. The van der Waals surface area contributed by atoms with Crippen LogP contribution < -0.4 is 10.2 Å². The standard InChI is InChI=1S/C16H25N3O/c1-2-6-16(5-1)7-9-19(10-8-16)15-18-14(12-20-15)11-17-13-3-4-13/h12-13,17H,1-11H2. The molecule has 2 aliphatic carbocycles. The molecule has 1 N–H and O–H groups in total. The van der Waals surface area contributed by atoms with Crippen LogP contribution in [0.1, 0.15) is 57.1 Å². The predicted octanol–water partition coefficient (Wildman–Crippen LogP) is 3.09. The van der Waals surface area contributed by atoms with Gasteiger partial charge in [0.2, 0.25) is 0 Å². The maximum absolute atomic E-state index is 5.68. The lowest BCUT2D eigenvalue weighted by molar-refractivity contribution is 0.222. The summed E-state index contributed by atoms with van der Waals surface area (Å²) in [5.41, 5.74) is 1.72. The highest BCUT2D eigenvalue weighted by atomic mass is 16.4. The topological polar surface area (TPSA) is 41.3 Å². The highest BCUT2D eigenvalue weighted by molar-refractivity contribution is 5.28. The van der Waals surface area contributed by atoms with Crippen molar-refractivity contribution < 1.29 is 4.42 Å². The average Bonchev–Trinajstić information content (AvgIpc) is 3.00. The van der Waals surface area contributed by atoms with Crippen LogP contribution in [0.3, 0.4) is 0 Å². The van der Waals surface area contributed by atoms with Gasteiger partial charge in [-0.1, -0.05) is 12.8 Å². The monoisotopic (exact) mass is 275 g/mol. The van der Waals surface area contributed by atoms with E-state index in [9.17, 15) is 0 Å². The molecule has 0 amide bonds. The SMILES string of the molecule is c1oc(N2CCC3(CCCC3)CC2)nc1CNC1CC1. The van der Waals surface area contributed by atoms with Gasteiger partial charge in [0.15, 0.2) is 0 Å². The Morgan fingerprint density at radius 2 is 1.95 bits per heavy atom. The van der Waals surface area contributed by atoms with E-state index in [4.69, 9.17) is 4.42 Å². The zero-order valence-corrected chi connectivity index (χ0v) is 12.2. The van der Waals surface area contributed by atoms with Gasteiger partial charge < -0.3 is 14.6 Å². The average molecular weight is 275 g/mol. The molecule has 2 saturated carbocycles. The van der Waals surface area contributed by atoms with Gasteiger partial charge in [-0.2, -0.15) is 4.98 Å². The largest absolute Gasteiger partial charge is 0.432 e. The zero-order valence-electron chi connectivity index (χ0n) is 12.2. The lowest BCUT2D eigenvalue weighted by Gasteiger charge is -2.38. The van der Waals surface area contributed by atoms with Gasteiger partial charge >= 0.3 is 0 Å². The number of nitrogens with zero attached hydrogens (tertiary/aromatic N) is 2. The van der Waals surface area contributed by atoms with Crippen molar-refractivity contribution in [3.8, 4) is 0 Å². The van der Waals surface area contributed by atoms with Crippen molar-refractivity contribution in [1.82, 2.24) is 10.3 Å². The number of nitrogens with one attached hydrogen (secondary N) is 1. The maximum atomic E-state index is 5.68. The number of hydrogen-bond donors (Lipinski definition) is 1. The van der Waals surface area contributed by atoms with Crippen molar-refractivity contribution in [2.75, 3.05) is 18.0 Å². The first-order valence-electron chi connectivity index (χ1n) is 8.26. The van der Waals surface area contributed by atoms with Gasteiger partial charge in [-0.05, 0) is 43.9 Å². The normalized spacial score (nSPS) is 25.5. The Balaban J connectivity index is 1.33. The van der Waals surface area contributed by atoms with Crippen LogP contribution in [0.25, 0.3) is 0 Å². The van der Waals surface area contributed by atoms with Crippen LogP contribution in [0.2, 0.25) is 0 Å². The number of oxazole rings is 1. The van der Waals surface area contributed by atoms with E-state index >= 15 is 0 Å². The van der Waals surface area contributed by atoms with Gasteiger partial charge in [0.1, 0.15) is 6.26 Å². The molecule has 0 bridgehead atoms. The summed E-state index contributed by atoms with van der Waals surface area (Å²) in [5.74, 6) is 0. The molecular formula is C16H25N3O. The Morgan fingerprint density at radius 1 is 1.20 bits per heavy atom. The zero-order chi connectivity index (χ0) is 13.4. The van der Waals surface area contributed by atoms with E-state index in [-0.39, 0.29) is 0 Å². The molecule has 3 fully saturated rings. The predicted molar refractivity (Wildman–Crippen MR) is 78.7 cm³/mol. The number of piperidine rings is 1. The first-order chi connectivity index (χ1) is 9.83. The van der Waals surface area contributed by atoms with Crippen molar-refractivity contribution in [3.63, 3.8) is 0 Å². The number of hydrogen-bond acceptors (Lipinski definition) is 4. The van der Waals surface area contributed by atoms with E-state index in [0.29, 0.717) is 5.41 Å².